The van der Waals surface area contributed by atoms with E-state index >= 15 is 0 Å². The Balaban J connectivity index is 1.94. The molecular weight excluding hydrogens is 332 g/mol. The van der Waals surface area contributed by atoms with E-state index in [2.05, 4.69) is 42.7 Å². The van der Waals surface area contributed by atoms with Crippen LogP contribution >= 0.6 is 15.9 Å². The molecule has 0 radical (unpaired) electrons. The number of halogens is 1. The Morgan fingerprint density at radius 3 is 2.48 bits per heavy atom. The number of nitrogens with zero attached hydrogens (tertiary/aromatic N) is 2. The molecule has 5 heteroatoms. The van der Waals surface area contributed by atoms with Crippen LogP contribution in [0.3, 0.4) is 0 Å². The summed E-state index contributed by atoms with van der Waals surface area (Å²) < 4.78 is 5.73. The van der Waals surface area contributed by atoms with Crippen LogP contribution in [0.25, 0.3) is 0 Å². The van der Waals surface area contributed by atoms with Gasteiger partial charge in [-0.15, -0.1) is 0 Å². The highest BCUT2D eigenvalue weighted by Gasteiger charge is 2.07. The Morgan fingerprint density at radius 2 is 1.90 bits per heavy atom. The molecule has 0 bridgehead atoms. The van der Waals surface area contributed by atoms with Crippen LogP contribution < -0.4 is 0 Å². The highest BCUT2D eigenvalue weighted by molar-refractivity contribution is 9.10. The van der Waals surface area contributed by atoms with Crippen molar-refractivity contribution < 1.29 is 9.53 Å². The molecule has 4 nitrogen and oxygen atoms in total. The quantitative estimate of drug-likeness (QED) is 0.777. The Labute approximate surface area is 132 Å². The molecule has 21 heavy (non-hydrogen) atoms. The van der Waals surface area contributed by atoms with E-state index in [0.29, 0.717) is 5.56 Å². The van der Waals surface area contributed by atoms with Crippen molar-refractivity contribution in [2.24, 2.45) is 0 Å². The first-order chi connectivity index (χ1) is 10.1. The van der Waals surface area contributed by atoms with Gasteiger partial charge in [0.2, 0.25) is 0 Å². The molecule has 0 atom stereocenters. The molecule has 2 aromatic rings. The normalized spacial score (nSPS) is 10.7. The maximum atomic E-state index is 11.3. The van der Waals surface area contributed by atoms with Crippen LogP contribution in [0, 0.1) is 0 Å². The molecule has 0 aliphatic heterocycles. The van der Waals surface area contributed by atoms with E-state index < -0.39 is 0 Å². The first-order valence-corrected chi connectivity index (χ1v) is 7.34. The maximum Gasteiger partial charge on any atom is 0.339 e. The number of aromatic nitrogens is 1. The third kappa shape index (κ3) is 4.65. The third-order valence-electron chi connectivity index (χ3n) is 3.04. The predicted molar refractivity (Wildman–Crippen MR) is 84.9 cm³/mol. The average molecular weight is 349 g/mol. The van der Waals surface area contributed by atoms with Gasteiger partial charge in [-0.3, -0.25) is 9.88 Å². The molecule has 0 saturated carbocycles. The molecule has 0 N–H and O–H groups in total. The van der Waals surface area contributed by atoms with Gasteiger partial charge >= 0.3 is 5.97 Å². The van der Waals surface area contributed by atoms with Gasteiger partial charge in [-0.1, -0.05) is 28.1 Å². The lowest BCUT2D eigenvalue weighted by Crippen LogP contribution is -2.18. The number of rotatable bonds is 5. The van der Waals surface area contributed by atoms with E-state index in [1.165, 1.54) is 12.7 Å². The van der Waals surface area contributed by atoms with Crippen LogP contribution in [0.1, 0.15) is 21.6 Å². The van der Waals surface area contributed by atoms with Crippen LogP contribution in [0.5, 0.6) is 0 Å². The van der Waals surface area contributed by atoms with E-state index in [4.69, 9.17) is 0 Å². The summed E-state index contributed by atoms with van der Waals surface area (Å²) in [6, 6.07) is 11.8. The van der Waals surface area contributed by atoms with Gasteiger partial charge in [0, 0.05) is 23.8 Å². The van der Waals surface area contributed by atoms with Gasteiger partial charge < -0.3 is 4.74 Å². The number of carbonyl (C=O) groups is 1. The number of esters is 1. The summed E-state index contributed by atoms with van der Waals surface area (Å²) in [6.07, 6.45) is 1.55. The third-order valence-corrected chi connectivity index (χ3v) is 3.57. The van der Waals surface area contributed by atoms with Crippen LogP contribution in [-0.2, 0) is 17.8 Å². The van der Waals surface area contributed by atoms with Gasteiger partial charge in [-0.25, -0.2) is 4.79 Å². The summed E-state index contributed by atoms with van der Waals surface area (Å²) >= 11 is 3.43. The molecule has 0 amide bonds. The Kier molecular flexibility index (Phi) is 5.47. The zero-order valence-electron chi connectivity index (χ0n) is 12.0. The number of benzene rings is 1. The maximum absolute atomic E-state index is 11.3. The second-order valence-electron chi connectivity index (χ2n) is 4.83. The van der Waals surface area contributed by atoms with Gasteiger partial charge in [0.1, 0.15) is 0 Å². The summed E-state index contributed by atoms with van der Waals surface area (Å²) in [6.45, 7) is 1.56. The number of carbonyl (C=O) groups excluding carboxylic acids is 1. The molecule has 0 aliphatic rings. The molecule has 0 fully saturated rings. The van der Waals surface area contributed by atoms with E-state index in [-0.39, 0.29) is 5.97 Å². The van der Waals surface area contributed by atoms with Crippen molar-refractivity contribution in [2.75, 3.05) is 14.2 Å². The van der Waals surface area contributed by atoms with Crippen molar-refractivity contribution in [1.29, 1.82) is 0 Å². The smallest absolute Gasteiger partial charge is 0.339 e. The largest absolute Gasteiger partial charge is 0.465 e. The van der Waals surface area contributed by atoms with E-state index in [9.17, 15) is 4.79 Å². The van der Waals surface area contributed by atoms with Crippen molar-refractivity contribution >= 4 is 21.9 Å². The van der Waals surface area contributed by atoms with Crippen LogP contribution in [-0.4, -0.2) is 30.0 Å². The monoisotopic (exact) mass is 348 g/mol. The van der Waals surface area contributed by atoms with Crippen molar-refractivity contribution in [1.82, 2.24) is 9.88 Å². The molecule has 2 rings (SSSR count). The number of ether oxygens (including phenoxy) is 1. The first-order valence-electron chi connectivity index (χ1n) is 6.54. The topological polar surface area (TPSA) is 42.4 Å². The van der Waals surface area contributed by atoms with Crippen molar-refractivity contribution in [3.63, 3.8) is 0 Å². The number of pyridine rings is 1. The zero-order valence-corrected chi connectivity index (χ0v) is 13.6. The zero-order chi connectivity index (χ0) is 15.2. The van der Waals surface area contributed by atoms with Crippen LogP contribution in [0.4, 0.5) is 0 Å². The van der Waals surface area contributed by atoms with Crippen LogP contribution in [0.15, 0.2) is 47.1 Å². The minimum Gasteiger partial charge on any atom is -0.465 e. The van der Waals surface area contributed by atoms with Gasteiger partial charge in [0.25, 0.3) is 0 Å². The standard InChI is InChI=1S/C16H17BrN2O2/c1-19(10-12-3-6-14(17)7-4-12)11-15-8-5-13(9-18-15)16(20)21-2/h3-9H,10-11H2,1-2H3. The lowest BCUT2D eigenvalue weighted by atomic mass is 10.2. The molecular formula is C16H17BrN2O2. The number of hydrogen-bond acceptors (Lipinski definition) is 4. The highest BCUT2D eigenvalue weighted by atomic mass is 79.9. The molecule has 0 aliphatic carbocycles. The van der Waals surface area contributed by atoms with Crippen molar-refractivity contribution in [3.05, 3.63) is 63.9 Å². The second kappa shape index (κ2) is 7.33. The van der Waals surface area contributed by atoms with Crippen molar-refractivity contribution in [2.45, 2.75) is 13.1 Å². The van der Waals surface area contributed by atoms with E-state index in [1.54, 1.807) is 12.3 Å². The Morgan fingerprint density at radius 1 is 1.19 bits per heavy atom. The summed E-state index contributed by atoms with van der Waals surface area (Å²) in [7, 11) is 3.40. The highest BCUT2D eigenvalue weighted by Crippen LogP contribution is 2.13. The molecule has 1 heterocycles. The van der Waals surface area contributed by atoms with Crippen LogP contribution in [0.2, 0.25) is 0 Å². The van der Waals surface area contributed by atoms with E-state index in [0.717, 1.165) is 23.3 Å². The Hall–Kier alpha value is -1.72. The summed E-state index contributed by atoms with van der Waals surface area (Å²) in [4.78, 5) is 17.8. The Bertz CT molecular complexity index is 597. The van der Waals surface area contributed by atoms with E-state index in [1.807, 2.05) is 25.2 Å². The molecule has 1 aromatic heterocycles. The predicted octanol–water partition coefficient (Wildman–Crippen LogP) is 3.26. The molecule has 0 unspecified atom stereocenters. The minimum absolute atomic E-state index is 0.364. The lowest BCUT2D eigenvalue weighted by Gasteiger charge is -2.16. The van der Waals surface area contributed by atoms with Crippen molar-refractivity contribution in [3.8, 4) is 0 Å². The van der Waals surface area contributed by atoms with Gasteiger partial charge in [0.15, 0.2) is 0 Å². The molecule has 1 aromatic carbocycles. The molecule has 0 spiro atoms. The first kappa shape index (κ1) is 15.7. The average Bonchev–Trinajstić information content (AvgIpc) is 2.49. The second-order valence-corrected chi connectivity index (χ2v) is 5.74. The summed E-state index contributed by atoms with van der Waals surface area (Å²) in [5, 5.41) is 0. The molecule has 0 saturated heterocycles. The number of hydrogen-bond donors (Lipinski definition) is 0. The van der Waals surface area contributed by atoms with Gasteiger partial charge in [-0.05, 0) is 36.9 Å². The van der Waals surface area contributed by atoms with Gasteiger partial charge in [-0.2, -0.15) is 0 Å². The summed E-state index contributed by atoms with van der Waals surface area (Å²) in [5.74, 6) is -0.364. The fraction of sp³-hybridized carbons (Fsp3) is 0.250. The fourth-order valence-electron chi connectivity index (χ4n) is 1.99. The minimum atomic E-state index is -0.364. The lowest BCUT2D eigenvalue weighted by molar-refractivity contribution is 0.0600. The number of methoxy groups -OCH3 is 1. The SMILES string of the molecule is COC(=O)c1ccc(CN(C)Cc2ccc(Br)cc2)nc1. The fourth-order valence-corrected chi connectivity index (χ4v) is 2.25. The van der Waals surface area contributed by atoms with Gasteiger partial charge in [0.05, 0.1) is 18.4 Å². The molecule has 110 valence electrons. The summed E-state index contributed by atoms with van der Waals surface area (Å²) in [5.41, 5.74) is 2.63.